The van der Waals surface area contributed by atoms with Gasteiger partial charge in [-0.15, -0.1) is 0 Å². The number of aryl methyl sites for hydroxylation is 1. The van der Waals surface area contributed by atoms with E-state index in [4.69, 9.17) is 16.3 Å². The minimum Gasteiger partial charge on any atom is -0.487 e. The fourth-order valence-corrected chi connectivity index (χ4v) is 4.46. The van der Waals surface area contributed by atoms with Crippen molar-refractivity contribution in [2.75, 3.05) is 13.1 Å². The molecular formula is C16H17ClN2O4S. The third-order valence-electron chi connectivity index (χ3n) is 4.05. The van der Waals surface area contributed by atoms with Gasteiger partial charge in [-0.3, -0.25) is 4.79 Å². The van der Waals surface area contributed by atoms with E-state index in [1.807, 2.05) is 6.92 Å². The first kappa shape index (κ1) is 17.0. The van der Waals surface area contributed by atoms with Gasteiger partial charge in [0.15, 0.2) is 0 Å². The highest BCUT2D eigenvalue weighted by Crippen LogP contribution is 2.28. The van der Waals surface area contributed by atoms with Gasteiger partial charge in [0.25, 0.3) is 5.56 Å². The molecule has 0 aliphatic carbocycles. The van der Waals surface area contributed by atoms with Gasteiger partial charge < -0.3 is 9.30 Å². The van der Waals surface area contributed by atoms with E-state index in [9.17, 15) is 13.2 Å². The third kappa shape index (κ3) is 3.07. The summed E-state index contributed by atoms with van der Waals surface area (Å²) in [6.07, 6.45) is -0.284. The maximum absolute atomic E-state index is 12.5. The molecule has 0 radical (unpaired) electrons. The first-order valence-corrected chi connectivity index (χ1v) is 9.20. The van der Waals surface area contributed by atoms with E-state index in [0.717, 1.165) is 5.69 Å². The minimum atomic E-state index is -3.63. The van der Waals surface area contributed by atoms with Crippen molar-refractivity contribution in [2.45, 2.75) is 17.9 Å². The molecule has 0 amide bonds. The van der Waals surface area contributed by atoms with E-state index in [-0.39, 0.29) is 34.7 Å². The fraction of sp³-hybridized carbons (Fsp3) is 0.312. The number of rotatable bonds is 4. The van der Waals surface area contributed by atoms with E-state index < -0.39 is 10.0 Å². The van der Waals surface area contributed by atoms with E-state index in [1.54, 1.807) is 31.3 Å². The Hall–Kier alpha value is -1.83. The van der Waals surface area contributed by atoms with Gasteiger partial charge >= 0.3 is 0 Å². The van der Waals surface area contributed by atoms with Crippen molar-refractivity contribution in [3.63, 3.8) is 0 Å². The molecule has 1 saturated heterocycles. The van der Waals surface area contributed by atoms with Crippen LogP contribution < -0.4 is 10.3 Å². The van der Waals surface area contributed by atoms with Crippen molar-refractivity contribution in [3.05, 3.63) is 57.5 Å². The van der Waals surface area contributed by atoms with Gasteiger partial charge in [-0.1, -0.05) is 23.7 Å². The topological polar surface area (TPSA) is 68.6 Å². The van der Waals surface area contributed by atoms with Crippen LogP contribution in [0.3, 0.4) is 0 Å². The summed E-state index contributed by atoms with van der Waals surface area (Å²) >= 11 is 5.98. The number of hydrogen-bond donors (Lipinski definition) is 0. The van der Waals surface area contributed by atoms with Crippen molar-refractivity contribution in [3.8, 4) is 5.75 Å². The minimum absolute atomic E-state index is 0.0922. The van der Waals surface area contributed by atoms with Gasteiger partial charge in [-0.05, 0) is 25.1 Å². The Labute approximate surface area is 145 Å². The highest BCUT2D eigenvalue weighted by molar-refractivity contribution is 7.89. The van der Waals surface area contributed by atoms with Gasteiger partial charge in [0.1, 0.15) is 16.7 Å². The number of halogens is 1. The Kier molecular flexibility index (Phi) is 4.42. The Bertz CT molecular complexity index is 933. The summed E-state index contributed by atoms with van der Waals surface area (Å²) in [6, 6.07) is 9.50. The summed E-state index contributed by atoms with van der Waals surface area (Å²) < 4.78 is 33.6. The number of benzene rings is 1. The van der Waals surface area contributed by atoms with Gasteiger partial charge in [-0.2, -0.15) is 4.31 Å². The molecule has 1 aromatic heterocycles. The molecule has 1 aliphatic rings. The van der Waals surface area contributed by atoms with Crippen LogP contribution in [0.4, 0.5) is 0 Å². The SMILES string of the molecule is Cc1cc(OC2CN(S(=O)(=O)c3ccccc3Cl)C2)cc(=O)n1C. The molecule has 0 atom stereocenters. The zero-order valence-corrected chi connectivity index (χ0v) is 14.8. The van der Waals surface area contributed by atoms with E-state index in [0.29, 0.717) is 5.75 Å². The lowest BCUT2D eigenvalue weighted by Gasteiger charge is -2.37. The number of sulfonamides is 1. The van der Waals surface area contributed by atoms with E-state index >= 15 is 0 Å². The van der Waals surface area contributed by atoms with Crippen molar-refractivity contribution in [1.29, 1.82) is 0 Å². The second-order valence-corrected chi connectivity index (χ2v) is 8.04. The highest BCUT2D eigenvalue weighted by atomic mass is 35.5. The zero-order valence-electron chi connectivity index (χ0n) is 13.3. The fourth-order valence-electron chi connectivity index (χ4n) is 2.46. The van der Waals surface area contributed by atoms with Crippen molar-refractivity contribution >= 4 is 21.6 Å². The summed E-state index contributed by atoms with van der Waals surface area (Å²) in [4.78, 5) is 11.8. The number of ether oxygens (including phenoxy) is 1. The second kappa shape index (κ2) is 6.23. The number of pyridine rings is 1. The van der Waals surface area contributed by atoms with Gasteiger partial charge in [0.2, 0.25) is 10.0 Å². The Morgan fingerprint density at radius 3 is 2.50 bits per heavy atom. The summed E-state index contributed by atoms with van der Waals surface area (Å²) in [5, 5.41) is 0.198. The predicted octanol–water partition coefficient (Wildman–Crippen LogP) is 1.80. The Morgan fingerprint density at radius 1 is 1.21 bits per heavy atom. The molecule has 0 unspecified atom stereocenters. The largest absolute Gasteiger partial charge is 0.487 e. The third-order valence-corrected chi connectivity index (χ3v) is 6.38. The predicted molar refractivity (Wildman–Crippen MR) is 91.0 cm³/mol. The molecule has 2 aromatic rings. The van der Waals surface area contributed by atoms with Gasteiger partial charge in [0.05, 0.1) is 18.1 Å². The Morgan fingerprint density at radius 2 is 1.88 bits per heavy atom. The summed E-state index contributed by atoms with van der Waals surface area (Å²) in [5.74, 6) is 0.454. The van der Waals surface area contributed by atoms with Gasteiger partial charge in [0, 0.05) is 18.8 Å². The molecule has 1 fully saturated rings. The summed E-state index contributed by atoms with van der Waals surface area (Å²) in [7, 11) is -1.94. The number of hydrogen-bond acceptors (Lipinski definition) is 4. The molecule has 0 spiro atoms. The normalized spacial score (nSPS) is 16.0. The quantitative estimate of drug-likeness (QED) is 0.825. The molecular weight excluding hydrogens is 352 g/mol. The lowest BCUT2D eigenvalue weighted by molar-refractivity contribution is 0.0759. The van der Waals surface area contributed by atoms with Crippen molar-refractivity contribution in [2.24, 2.45) is 7.05 Å². The molecule has 1 aliphatic heterocycles. The molecule has 24 heavy (non-hydrogen) atoms. The number of nitrogens with zero attached hydrogens (tertiary/aromatic N) is 2. The standard InChI is InChI=1S/C16H17ClN2O4S/c1-11-7-12(8-16(20)18(11)2)23-13-9-19(10-13)24(21,22)15-6-4-3-5-14(15)17/h3-8,13H,9-10H2,1-2H3. The van der Waals surface area contributed by atoms with Crippen LogP contribution in [0.15, 0.2) is 46.1 Å². The van der Waals surface area contributed by atoms with Crippen LogP contribution in [0.1, 0.15) is 5.69 Å². The van der Waals surface area contributed by atoms with E-state index in [2.05, 4.69) is 0 Å². The molecule has 128 valence electrons. The van der Waals surface area contributed by atoms with Crippen molar-refractivity contribution < 1.29 is 13.2 Å². The molecule has 0 bridgehead atoms. The van der Waals surface area contributed by atoms with Crippen molar-refractivity contribution in [1.82, 2.24) is 8.87 Å². The molecule has 2 heterocycles. The monoisotopic (exact) mass is 368 g/mol. The summed E-state index contributed by atoms with van der Waals surface area (Å²) in [6.45, 7) is 2.26. The average Bonchev–Trinajstić information content (AvgIpc) is 2.48. The molecule has 0 saturated carbocycles. The molecule has 6 nitrogen and oxygen atoms in total. The van der Waals surface area contributed by atoms with Crippen LogP contribution >= 0.6 is 11.6 Å². The average molecular weight is 369 g/mol. The number of aromatic nitrogens is 1. The maximum Gasteiger partial charge on any atom is 0.254 e. The zero-order chi connectivity index (χ0) is 17.5. The lowest BCUT2D eigenvalue weighted by atomic mass is 10.2. The molecule has 8 heteroatoms. The van der Waals surface area contributed by atoms with E-state index in [1.165, 1.54) is 21.0 Å². The molecule has 3 rings (SSSR count). The van der Waals surface area contributed by atoms with Crippen LogP contribution in [-0.4, -0.2) is 36.5 Å². The van der Waals surface area contributed by atoms with Crippen LogP contribution in [0.5, 0.6) is 5.75 Å². The molecule has 1 aromatic carbocycles. The smallest absolute Gasteiger partial charge is 0.254 e. The van der Waals surface area contributed by atoms with Crippen LogP contribution in [0, 0.1) is 6.92 Å². The first-order valence-electron chi connectivity index (χ1n) is 7.38. The van der Waals surface area contributed by atoms with Gasteiger partial charge in [-0.25, -0.2) is 8.42 Å². The highest BCUT2D eigenvalue weighted by Gasteiger charge is 2.39. The Balaban J connectivity index is 1.70. The summed E-state index contributed by atoms with van der Waals surface area (Å²) in [5.41, 5.74) is 0.613. The first-order chi connectivity index (χ1) is 11.3. The van der Waals surface area contributed by atoms with Crippen LogP contribution in [0.2, 0.25) is 5.02 Å². The lowest BCUT2D eigenvalue weighted by Crippen LogP contribution is -2.56. The maximum atomic E-state index is 12.5. The second-order valence-electron chi connectivity index (χ2n) is 5.72. The van der Waals surface area contributed by atoms with Crippen LogP contribution in [-0.2, 0) is 17.1 Å². The molecule has 0 N–H and O–H groups in total. The van der Waals surface area contributed by atoms with Crippen LogP contribution in [0.25, 0.3) is 0 Å².